The maximum atomic E-state index is 3.40. The van der Waals surface area contributed by atoms with Crippen molar-refractivity contribution in [3.63, 3.8) is 0 Å². The highest BCUT2D eigenvalue weighted by atomic mass is 79.9. The summed E-state index contributed by atoms with van der Waals surface area (Å²) in [5.74, 6) is 6.56. The molecule has 1 aromatic rings. The standard InChI is InChI=1S/C15H19Br/c1-4-13-10-12(3)11-14(5-2)15(13)8-6-7-9-16/h10-11H,4-5,7,9H2,1-3H3. The second-order valence-corrected chi connectivity index (χ2v) is 4.70. The van der Waals surface area contributed by atoms with E-state index in [4.69, 9.17) is 0 Å². The fourth-order valence-corrected chi connectivity index (χ4v) is 2.06. The van der Waals surface area contributed by atoms with Crippen LogP contribution < -0.4 is 0 Å². The SMILES string of the molecule is CCc1cc(C)cc(CC)c1C#CCCBr. The molecule has 0 spiro atoms. The highest BCUT2D eigenvalue weighted by molar-refractivity contribution is 9.09. The van der Waals surface area contributed by atoms with Crippen LogP contribution in [0.25, 0.3) is 0 Å². The molecule has 0 saturated heterocycles. The van der Waals surface area contributed by atoms with Crippen molar-refractivity contribution in [1.82, 2.24) is 0 Å². The number of alkyl halides is 1. The molecule has 0 aliphatic heterocycles. The molecule has 16 heavy (non-hydrogen) atoms. The highest BCUT2D eigenvalue weighted by Gasteiger charge is 2.04. The minimum absolute atomic E-state index is 0.917. The zero-order valence-electron chi connectivity index (χ0n) is 10.4. The summed E-state index contributed by atoms with van der Waals surface area (Å²) >= 11 is 3.40. The normalized spacial score (nSPS) is 9.75. The molecule has 1 heteroatoms. The topological polar surface area (TPSA) is 0 Å². The lowest BCUT2D eigenvalue weighted by atomic mass is 9.95. The van der Waals surface area contributed by atoms with Crippen LogP contribution in [0.4, 0.5) is 0 Å². The van der Waals surface area contributed by atoms with Gasteiger partial charge in [0.2, 0.25) is 0 Å². The van der Waals surface area contributed by atoms with Gasteiger partial charge < -0.3 is 0 Å². The van der Waals surface area contributed by atoms with Crippen LogP contribution in [0.5, 0.6) is 0 Å². The zero-order valence-corrected chi connectivity index (χ0v) is 11.9. The van der Waals surface area contributed by atoms with Crippen molar-refractivity contribution in [1.29, 1.82) is 0 Å². The molecule has 0 aromatic heterocycles. The molecule has 86 valence electrons. The van der Waals surface area contributed by atoms with E-state index in [0.29, 0.717) is 0 Å². The summed E-state index contributed by atoms with van der Waals surface area (Å²) in [7, 11) is 0. The first-order chi connectivity index (χ1) is 7.72. The van der Waals surface area contributed by atoms with Gasteiger partial charge in [-0.25, -0.2) is 0 Å². The Morgan fingerprint density at radius 1 is 1.12 bits per heavy atom. The third-order valence-electron chi connectivity index (χ3n) is 2.64. The van der Waals surface area contributed by atoms with Crippen LogP contribution in [-0.2, 0) is 12.8 Å². The van der Waals surface area contributed by atoms with E-state index in [-0.39, 0.29) is 0 Å². The van der Waals surface area contributed by atoms with Gasteiger partial charge >= 0.3 is 0 Å². The molecule has 0 amide bonds. The lowest BCUT2D eigenvalue weighted by molar-refractivity contribution is 1.06. The Hall–Kier alpha value is -0.740. The van der Waals surface area contributed by atoms with Crippen molar-refractivity contribution >= 4 is 15.9 Å². The Balaban J connectivity index is 3.18. The van der Waals surface area contributed by atoms with Crippen molar-refractivity contribution < 1.29 is 0 Å². The van der Waals surface area contributed by atoms with Gasteiger partial charge in [0.05, 0.1) is 0 Å². The molecule has 1 aromatic carbocycles. The lowest BCUT2D eigenvalue weighted by Gasteiger charge is -2.09. The predicted molar refractivity (Wildman–Crippen MR) is 75.2 cm³/mol. The number of hydrogen-bond acceptors (Lipinski definition) is 0. The molecule has 0 nitrogen and oxygen atoms in total. The maximum absolute atomic E-state index is 3.40. The number of benzene rings is 1. The fourth-order valence-electron chi connectivity index (χ4n) is 1.86. The first-order valence-corrected chi connectivity index (χ1v) is 7.02. The lowest BCUT2D eigenvalue weighted by Crippen LogP contribution is -1.96. The monoisotopic (exact) mass is 278 g/mol. The van der Waals surface area contributed by atoms with Crippen LogP contribution >= 0.6 is 15.9 Å². The van der Waals surface area contributed by atoms with E-state index in [1.165, 1.54) is 22.3 Å². The summed E-state index contributed by atoms with van der Waals surface area (Å²) in [5.41, 5.74) is 5.38. The predicted octanol–water partition coefficient (Wildman–Crippen LogP) is 4.26. The summed E-state index contributed by atoms with van der Waals surface area (Å²) in [5, 5.41) is 0.953. The molecule has 0 fully saturated rings. The van der Waals surface area contributed by atoms with Crippen LogP contribution in [0.1, 0.15) is 42.5 Å². The van der Waals surface area contributed by atoms with E-state index in [1.54, 1.807) is 0 Å². The molecule has 0 radical (unpaired) electrons. The van der Waals surface area contributed by atoms with Crippen molar-refractivity contribution in [3.05, 3.63) is 34.4 Å². The van der Waals surface area contributed by atoms with E-state index < -0.39 is 0 Å². The van der Waals surface area contributed by atoms with Gasteiger partial charge in [0, 0.05) is 17.3 Å². The molecule has 0 heterocycles. The van der Waals surface area contributed by atoms with Gasteiger partial charge in [0.15, 0.2) is 0 Å². The van der Waals surface area contributed by atoms with Crippen LogP contribution in [0.15, 0.2) is 12.1 Å². The minimum atomic E-state index is 0.917. The molecule has 0 aliphatic carbocycles. The van der Waals surface area contributed by atoms with E-state index in [9.17, 15) is 0 Å². The van der Waals surface area contributed by atoms with Gasteiger partial charge in [-0.15, -0.1) is 0 Å². The first kappa shape index (κ1) is 13.3. The number of aryl methyl sites for hydroxylation is 3. The Labute approximate surface area is 108 Å². The first-order valence-electron chi connectivity index (χ1n) is 5.90. The van der Waals surface area contributed by atoms with E-state index >= 15 is 0 Å². The number of rotatable bonds is 3. The van der Waals surface area contributed by atoms with Crippen molar-refractivity contribution in [2.24, 2.45) is 0 Å². The molecule has 0 N–H and O–H groups in total. The van der Waals surface area contributed by atoms with Gasteiger partial charge in [-0.2, -0.15) is 0 Å². The molecule has 0 saturated carbocycles. The number of hydrogen-bond donors (Lipinski definition) is 0. The summed E-state index contributed by atoms with van der Waals surface area (Å²) in [6.45, 7) is 6.56. The quantitative estimate of drug-likeness (QED) is 0.573. The maximum Gasteiger partial charge on any atom is 0.0309 e. The average Bonchev–Trinajstić information content (AvgIpc) is 2.30. The molecular formula is C15H19Br. The van der Waals surface area contributed by atoms with Gasteiger partial charge in [0.25, 0.3) is 0 Å². The Kier molecular flexibility index (Phi) is 5.63. The molecule has 0 unspecified atom stereocenters. The van der Waals surface area contributed by atoms with E-state index in [1.807, 2.05) is 0 Å². The highest BCUT2D eigenvalue weighted by Crippen LogP contribution is 2.18. The number of halogens is 1. The molecule has 0 atom stereocenters. The smallest absolute Gasteiger partial charge is 0.0309 e. The average molecular weight is 279 g/mol. The summed E-state index contributed by atoms with van der Waals surface area (Å²) in [4.78, 5) is 0. The zero-order chi connectivity index (χ0) is 12.0. The van der Waals surface area contributed by atoms with E-state index in [0.717, 1.165) is 24.6 Å². The summed E-state index contributed by atoms with van der Waals surface area (Å²) < 4.78 is 0. The molecule has 0 aliphatic rings. The fraction of sp³-hybridized carbons (Fsp3) is 0.467. The van der Waals surface area contributed by atoms with Gasteiger partial charge in [-0.05, 0) is 30.9 Å². The van der Waals surface area contributed by atoms with Crippen LogP contribution in [0, 0.1) is 18.8 Å². The van der Waals surface area contributed by atoms with Gasteiger partial charge in [-0.1, -0.05) is 59.3 Å². The van der Waals surface area contributed by atoms with E-state index in [2.05, 4.69) is 60.7 Å². The molecule has 0 bridgehead atoms. The third-order valence-corrected chi connectivity index (χ3v) is 3.04. The van der Waals surface area contributed by atoms with Crippen LogP contribution in [0.2, 0.25) is 0 Å². The van der Waals surface area contributed by atoms with Crippen molar-refractivity contribution in [2.75, 3.05) is 5.33 Å². The molecular weight excluding hydrogens is 260 g/mol. The third kappa shape index (κ3) is 3.39. The van der Waals surface area contributed by atoms with Crippen molar-refractivity contribution in [2.45, 2.75) is 40.0 Å². The van der Waals surface area contributed by atoms with Gasteiger partial charge in [0.1, 0.15) is 0 Å². The second kappa shape index (κ2) is 6.76. The largest absolute Gasteiger partial charge is 0.0970 e. The Bertz CT molecular complexity index is 382. The van der Waals surface area contributed by atoms with Crippen LogP contribution in [-0.4, -0.2) is 5.33 Å². The Morgan fingerprint density at radius 2 is 1.69 bits per heavy atom. The molecule has 1 rings (SSSR count). The van der Waals surface area contributed by atoms with Crippen molar-refractivity contribution in [3.8, 4) is 11.8 Å². The minimum Gasteiger partial charge on any atom is -0.0970 e. The second-order valence-electron chi connectivity index (χ2n) is 3.91. The summed E-state index contributed by atoms with van der Waals surface area (Å²) in [6, 6.07) is 4.52. The Morgan fingerprint density at radius 3 is 2.12 bits per heavy atom. The van der Waals surface area contributed by atoms with Crippen LogP contribution in [0.3, 0.4) is 0 Å². The summed E-state index contributed by atoms with van der Waals surface area (Å²) in [6.07, 6.45) is 3.04. The van der Waals surface area contributed by atoms with Gasteiger partial charge in [-0.3, -0.25) is 0 Å².